The summed E-state index contributed by atoms with van der Waals surface area (Å²) < 4.78 is 0. The minimum atomic E-state index is -0.394. The van der Waals surface area contributed by atoms with Crippen molar-refractivity contribution in [1.82, 2.24) is 0 Å². The lowest BCUT2D eigenvalue weighted by atomic mass is 9.91. The Morgan fingerprint density at radius 3 is 2.11 bits per heavy atom. The molecule has 0 spiro atoms. The molecule has 0 aliphatic heterocycles. The average Bonchev–Trinajstić information content (AvgIpc) is 1.86. The molecular formula is C7H16O2. The Kier molecular flexibility index (Phi) is 3.15. The molecule has 0 fully saturated rings. The van der Waals surface area contributed by atoms with Gasteiger partial charge in [0.1, 0.15) is 5.60 Å². The van der Waals surface area contributed by atoms with E-state index in [0.717, 1.165) is 6.42 Å². The van der Waals surface area contributed by atoms with Crippen LogP contribution in [0, 0.1) is 5.92 Å². The van der Waals surface area contributed by atoms with Crippen molar-refractivity contribution >= 4 is 0 Å². The van der Waals surface area contributed by atoms with Gasteiger partial charge in [-0.05, 0) is 19.8 Å². The Bertz CT molecular complexity index is 79.0. The highest BCUT2D eigenvalue weighted by Gasteiger charge is 2.25. The molecular weight excluding hydrogens is 116 g/mol. The zero-order valence-electron chi connectivity index (χ0n) is 6.64. The molecule has 0 aromatic carbocycles. The van der Waals surface area contributed by atoms with E-state index in [1.54, 1.807) is 0 Å². The zero-order chi connectivity index (χ0) is 7.49. The van der Waals surface area contributed by atoms with E-state index in [1.807, 2.05) is 13.8 Å². The molecule has 56 valence electrons. The summed E-state index contributed by atoms with van der Waals surface area (Å²) in [4.78, 5) is 4.29. The van der Waals surface area contributed by atoms with Crippen LogP contribution in [0.15, 0.2) is 0 Å². The molecule has 0 aliphatic carbocycles. The van der Waals surface area contributed by atoms with Crippen LogP contribution in [0.1, 0.15) is 34.1 Å². The lowest BCUT2D eigenvalue weighted by Gasteiger charge is -2.26. The second-order valence-corrected chi connectivity index (χ2v) is 3.00. The summed E-state index contributed by atoms with van der Waals surface area (Å²) in [6, 6.07) is 0. The summed E-state index contributed by atoms with van der Waals surface area (Å²) in [6.45, 7) is 7.88. The van der Waals surface area contributed by atoms with Gasteiger partial charge in [-0.2, -0.15) is 0 Å². The monoisotopic (exact) mass is 132 g/mol. The molecule has 1 unspecified atom stereocenters. The summed E-state index contributed by atoms with van der Waals surface area (Å²) in [6.07, 6.45) is 1.02. The second kappa shape index (κ2) is 3.18. The first-order valence-corrected chi connectivity index (χ1v) is 3.37. The van der Waals surface area contributed by atoms with Crippen LogP contribution in [-0.2, 0) is 4.89 Å². The molecule has 0 amide bonds. The molecule has 0 saturated heterocycles. The van der Waals surface area contributed by atoms with Crippen LogP contribution in [0.25, 0.3) is 0 Å². The van der Waals surface area contributed by atoms with E-state index in [-0.39, 0.29) is 0 Å². The Morgan fingerprint density at radius 1 is 1.56 bits per heavy atom. The molecule has 0 rings (SSSR count). The maximum absolute atomic E-state index is 8.40. The zero-order valence-corrected chi connectivity index (χ0v) is 6.64. The van der Waals surface area contributed by atoms with Crippen molar-refractivity contribution < 1.29 is 10.1 Å². The number of hydrogen-bond acceptors (Lipinski definition) is 2. The van der Waals surface area contributed by atoms with E-state index in [2.05, 4.69) is 18.7 Å². The molecule has 0 aromatic rings. The molecule has 0 heterocycles. The Labute approximate surface area is 56.8 Å². The maximum atomic E-state index is 8.40. The molecule has 2 nitrogen and oxygen atoms in total. The van der Waals surface area contributed by atoms with Crippen molar-refractivity contribution in [2.24, 2.45) is 5.92 Å². The minimum Gasteiger partial charge on any atom is -0.251 e. The summed E-state index contributed by atoms with van der Waals surface area (Å²) in [7, 11) is 0. The molecule has 9 heavy (non-hydrogen) atoms. The van der Waals surface area contributed by atoms with E-state index in [0.29, 0.717) is 5.92 Å². The van der Waals surface area contributed by atoms with Crippen LogP contribution in [0.5, 0.6) is 0 Å². The normalized spacial score (nSPS) is 15.7. The third-order valence-electron chi connectivity index (χ3n) is 2.03. The Balaban J connectivity index is 3.80. The first-order valence-electron chi connectivity index (χ1n) is 3.37. The SMILES string of the molecule is CCC(C)C(C)(C)OO. The van der Waals surface area contributed by atoms with Crippen LogP contribution in [0.4, 0.5) is 0 Å². The molecule has 0 aromatic heterocycles. The van der Waals surface area contributed by atoms with Gasteiger partial charge < -0.3 is 0 Å². The average molecular weight is 132 g/mol. The highest BCUT2D eigenvalue weighted by Crippen LogP contribution is 2.21. The van der Waals surface area contributed by atoms with Crippen molar-refractivity contribution in [1.29, 1.82) is 0 Å². The maximum Gasteiger partial charge on any atom is 0.100 e. The standard InChI is InChI=1S/C7H16O2/c1-5-6(2)7(3,4)9-8/h6,8H,5H2,1-4H3. The van der Waals surface area contributed by atoms with Crippen molar-refractivity contribution in [3.63, 3.8) is 0 Å². The van der Waals surface area contributed by atoms with Crippen molar-refractivity contribution in [2.45, 2.75) is 39.7 Å². The van der Waals surface area contributed by atoms with Crippen molar-refractivity contribution in [3.8, 4) is 0 Å². The predicted molar refractivity (Wildman–Crippen MR) is 37.2 cm³/mol. The van der Waals surface area contributed by atoms with Gasteiger partial charge in [-0.25, -0.2) is 4.89 Å². The van der Waals surface area contributed by atoms with Crippen LogP contribution < -0.4 is 0 Å². The van der Waals surface area contributed by atoms with Crippen molar-refractivity contribution in [3.05, 3.63) is 0 Å². The first kappa shape index (κ1) is 8.92. The van der Waals surface area contributed by atoms with Crippen LogP contribution in [0.2, 0.25) is 0 Å². The topological polar surface area (TPSA) is 29.5 Å². The molecule has 0 radical (unpaired) electrons. The van der Waals surface area contributed by atoms with Gasteiger partial charge in [0.2, 0.25) is 0 Å². The minimum absolute atomic E-state index is 0.391. The second-order valence-electron chi connectivity index (χ2n) is 3.00. The number of rotatable bonds is 3. The number of hydrogen-bond donors (Lipinski definition) is 1. The third kappa shape index (κ3) is 2.33. The van der Waals surface area contributed by atoms with Gasteiger partial charge in [0, 0.05) is 0 Å². The Morgan fingerprint density at radius 2 is 2.00 bits per heavy atom. The van der Waals surface area contributed by atoms with E-state index >= 15 is 0 Å². The summed E-state index contributed by atoms with van der Waals surface area (Å²) >= 11 is 0. The predicted octanol–water partition coefficient (Wildman–Crippen LogP) is 2.30. The van der Waals surface area contributed by atoms with Gasteiger partial charge in [-0.1, -0.05) is 20.3 Å². The first-order chi connectivity index (χ1) is 4.04. The smallest absolute Gasteiger partial charge is 0.100 e. The summed E-state index contributed by atoms with van der Waals surface area (Å²) in [5.74, 6) is 0.391. The van der Waals surface area contributed by atoms with E-state index < -0.39 is 5.60 Å². The van der Waals surface area contributed by atoms with Crippen LogP contribution in [-0.4, -0.2) is 10.9 Å². The van der Waals surface area contributed by atoms with Gasteiger partial charge in [0.15, 0.2) is 0 Å². The van der Waals surface area contributed by atoms with Crippen LogP contribution in [0.3, 0.4) is 0 Å². The van der Waals surface area contributed by atoms with Crippen molar-refractivity contribution in [2.75, 3.05) is 0 Å². The fourth-order valence-corrected chi connectivity index (χ4v) is 0.582. The lowest BCUT2D eigenvalue weighted by Crippen LogP contribution is -2.30. The highest BCUT2D eigenvalue weighted by molar-refractivity contribution is 4.72. The molecule has 0 aliphatic rings. The van der Waals surface area contributed by atoms with Gasteiger partial charge in [0.05, 0.1) is 0 Å². The molecule has 0 bridgehead atoms. The van der Waals surface area contributed by atoms with E-state index in [1.165, 1.54) is 0 Å². The molecule has 0 saturated carbocycles. The fourth-order valence-electron chi connectivity index (χ4n) is 0.582. The van der Waals surface area contributed by atoms with Gasteiger partial charge in [0.25, 0.3) is 0 Å². The molecule has 1 N–H and O–H groups in total. The van der Waals surface area contributed by atoms with Crippen LogP contribution >= 0.6 is 0 Å². The summed E-state index contributed by atoms with van der Waals surface area (Å²) in [5.41, 5.74) is -0.394. The largest absolute Gasteiger partial charge is 0.251 e. The molecule has 2 heteroatoms. The van der Waals surface area contributed by atoms with E-state index in [4.69, 9.17) is 5.26 Å². The van der Waals surface area contributed by atoms with Gasteiger partial charge in [-0.3, -0.25) is 5.26 Å². The lowest BCUT2D eigenvalue weighted by molar-refractivity contribution is -0.325. The third-order valence-corrected chi connectivity index (χ3v) is 2.03. The van der Waals surface area contributed by atoms with Gasteiger partial charge in [-0.15, -0.1) is 0 Å². The van der Waals surface area contributed by atoms with Gasteiger partial charge >= 0.3 is 0 Å². The molecule has 1 atom stereocenters. The Hall–Kier alpha value is -0.0800. The highest BCUT2D eigenvalue weighted by atomic mass is 17.1. The van der Waals surface area contributed by atoms with E-state index in [9.17, 15) is 0 Å². The fraction of sp³-hybridized carbons (Fsp3) is 1.00. The summed E-state index contributed by atoms with van der Waals surface area (Å²) in [5, 5.41) is 8.40. The quantitative estimate of drug-likeness (QED) is 0.471.